The number of carbonyl (C=O) groups excluding carboxylic acids is 1. The summed E-state index contributed by atoms with van der Waals surface area (Å²) in [5.41, 5.74) is 0.554. The second-order valence-corrected chi connectivity index (χ2v) is 5.82. The van der Waals surface area contributed by atoms with E-state index in [4.69, 9.17) is 4.74 Å². The van der Waals surface area contributed by atoms with Crippen molar-refractivity contribution in [1.82, 2.24) is 4.98 Å². The van der Waals surface area contributed by atoms with Crippen molar-refractivity contribution < 1.29 is 13.9 Å². The fourth-order valence-electron chi connectivity index (χ4n) is 2.17. The van der Waals surface area contributed by atoms with E-state index < -0.39 is 11.8 Å². The fourth-order valence-corrected chi connectivity index (χ4v) is 2.50. The number of hydrogen-bond donors (Lipinski definition) is 1. The Morgan fingerprint density at radius 1 is 1.17 bits per heavy atom. The number of para-hydroxylation sites is 1. The largest absolute Gasteiger partial charge is 0.456 e. The molecule has 4 nitrogen and oxygen atoms in total. The number of aromatic nitrogens is 1. The Morgan fingerprint density at radius 2 is 1.96 bits per heavy atom. The Kier molecular flexibility index (Phi) is 4.25. The molecule has 0 saturated carbocycles. The molecule has 0 saturated heterocycles. The lowest BCUT2D eigenvalue weighted by Gasteiger charge is -2.07. The van der Waals surface area contributed by atoms with Crippen molar-refractivity contribution in [3.05, 3.63) is 80.3 Å². The number of fused-ring (bicyclic) bond motifs is 1. The van der Waals surface area contributed by atoms with Gasteiger partial charge in [0.25, 0.3) is 0 Å². The van der Waals surface area contributed by atoms with E-state index in [9.17, 15) is 14.0 Å². The van der Waals surface area contributed by atoms with Crippen molar-refractivity contribution in [2.24, 2.45) is 0 Å². The van der Waals surface area contributed by atoms with Crippen molar-refractivity contribution in [3.63, 3.8) is 0 Å². The summed E-state index contributed by atoms with van der Waals surface area (Å²) < 4.78 is 19.4. The third-order valence-electron chi connectivity index (χ3n) is 3.33. The molecule has 0 aliphatic rings. The highest BCUT2D eigenvalue weighted by Crippen LogP contribution is 2.16. The van der Waals surface area contributed by atoms with Crippen molar-refractivity contribution in [3.8, 4) is 0 Å². The Bertz CT molecular complexity index is 952. The van der Waals surface area contributed by atoms with Crippen molar-refractivity contribution >= 4 is 32.8 Å². The van der Waals surface area contributed by atoms with Gasteiger partial charge in [0.2, 0.25) is 0 Å². The molecule has 0 bridgehead atoms. The van der Waals surface area contributed by atoms with Gasteiger partial charge in [0, 0.05) is 27.0 Å². The van der Waals surface area contributed by atoms with Crippen LogP contribution in [0.1, 0.15) is 16.1 Å². The monoisotopic (exact) mass is 375 g/mol. The maximum absolute atomic E-state index is 13.7. The van der Waals surface area contributed by atoms with Crippen LogP contribution >= 0.6 is 15.9 Å². The van der Waals surface area contributed by atoms with Gasteiger partial charge >= 0.3 is 5.97 Å². The predicted molar refractivity (Wildman–Crippen MR) is 87.8 cm³/mol. The van der Waals surface area contributed by atoms with Crippen LogP contribution in [0.3, 0.4) is 0 Å². The number of hydrogen-bond acceptors (Lipinski definition) is 3. The number of nitrogens with one attached hydrogen (secondary N) is 1. The summed E-state index contributed by atoms with van der Waals surface area (Å²) in [6.07, 6.45) is 0. The molecular formula is C17H11BrFNO3. The SMILES string of the molecule is O=C(OCc1ccc(Br)cc1F)c1cc(=O)c2ccccc2[nH]1. The Labute approximate surface area is 139 Å². The molecular weight excluding hydrogens is 365 g/mol. The van der Waals surface area contributed by atoms with Gasteiger partial charge in [0.05, 0.1) is 0 Å². The quantitative estimate of drug-likeness (QED) is 0.708. The van der Waals surface area contributed by atoms with E-state index in [-0.39, 0.29) is 23.3 Å². The minimum atomic E-state index is -0.713. The molecule has 3 aromatic rings. The first-order chi connectivity index (χ1) is 11.0. The minimum Gasteiger partial charge on any atom is -0.456 e. The van der Waals surface area contributed by atoms with Gasteiger partial charge in [-0.05, 0) is 24.3 Å². The minimum absolute atomic E-state index is 0.0335. The van der Waals surface area contributed by atoms with Crippen LogP contribution in [0.2, 0.25) is 0 Å². The van der Waals surface area contributed by atoms with Crippen molar-refractivity contribution in [2.75, 3.05) is 0 Å². The van der Waals surface area contributed by atoms with Gasteiger partial charge in [0.1, 0.15) is 18.1 Å². The molecule has 6 heteroatoms. The standard InChI is InChI=1S/C17H11BrFNO3/c18-11-6-5-10(13(19)7-11)9-23-17(22)15-8-16(21)12-3-1-2-4-14(12)20-15/h1-8H,9H2,(H,20,21). The fraction of sp³-hybridized carbons (Fsp3) is 0.0588. The Morgan fingerprint density at radius 3 is 2.74 bits per heavy atom. The maximum Gasteiger partial charge on any atom is 0.355 e. The molecule has 116 valence electrons. The molecule has 0 radical (unpaired) electrons. The lowest BCUT2D eigenvalue weighted by Crippen LogP contribution is -2.13. The normalized spacial score (nSPS) is 10.7. The zero-order chi connectivity index (χ0) is 16.4. The van der Waals surface area contributed by atoms with Gasteiger partial charge in [-0.15, -0.1) is 0 Å². The van der Waals surface area contributed by atoms with E-state index in [2.05, 4.69) is 20.9 Å². The first kappa shape index (κ1) is 15.4. The second kappa shape index (κ2) is 6.34. The highest BCUT2D eigenvalue weighted by Gasteiger charge is 2.12. The molecule has 0 atom stereocenters. The third kappa shape index (κ3) is 3.32. The van der Waals surface area contributed by atoms with Gasteiger partial charge in [-0.3, -0.25) is 4.79 Å². The van der Waals surface area contributed by atoms with E-state index >= 15 is 0 Å². The number of halogens is 2. The van der Waals surface area contributed by atoms with Gasteiger partial charge in [-0.2, -0.15) is 0 Å². The van der Waals surface area contributed by atoms with Crippen LogP contribution in [-0.4, -0.2) is 11.0 Å². The molecule has 1 heterocycles. The number of benzene rings is 2. The van der Waals surface area contributed by atoms with E-state index in [1.807, 2.05) is 0 Å². The molecule has 0 aliphatic heterocycles. The number of esters is 1. The van der Waals surface area contributed by atoms with E-state index in [0.717, 1.165) is 0 Å². The first-order valence-electron chi connectivity index (χ1n) is 6.78. The Balaban J connectivity index is 1.82. The molecule has 3 rings (SSSR count). The number of rotatable bonds is 3. The average molecular weight is 376 g/mol. The van der Waals surface area contributed by atoms with E-state index in [1.165, 1.54) is 18.2 Å². The summed E-state index contributed by atoms with van der Waals surface area (Å²) in [7, 11) is 0. The molecule has 0 amide bonds. The molecule has 1 aromatic heterocycles. The van der Waals surface area contributed by atoms with Crippen molar-refractivity contribution in [1.29, 1.82) is 0 Å². The average Bonchev–Trinajstić information content (AvgIpc) is 2.53. The number of pyridine rings is 1. The summed E-state index contributed by atoms with van der Waals surface area (Å²) in [5, 5.41) is 0.489. The highest BCUT2D eigenvalue weighted by molar-refractivity contribution is 9.10. The lowest BCUT2D eigenvalue weighted by atomic mass is 10.2. The molecule has 0 fully saturated rings. The van der Waals surface area contributed by atoms with Crippen LogP contribution in [-0.2, 0) is 11.3 Å². The maximum atomic E-state index is 13.7. The van der Waals surface area contributed by atoms with Crippen LogP contribution in [0.4, 0.5) is 4.39 Å². The second-order valence-electron chi connectivity index (χ2n) is 4.90. The molecule has 23 heavy (non-hydrogen) atoms. The molecule has 2 aromatic carbocycles. The summed E-state index contributed by atoms with van der Waals surface area (Å²) in [6.45, 7) is -0.215. The Hall–Kier alpha value is -2.47. The topological polar surface area (TPSA) is 59.2 Å². The van der Waals surface area contributed by atoms with Crippen LogP contribution < -0.4 is 5.43 Å². The van der Waals surface area contributed by atoms with E-state index in [1.54, 1.807) is 30.3 Å². The smallest absolute Gasteiger partial charge is 0.355 e. The molecule has 1 N–H and O–H groups in total. The summed E-state index contributed by atoms with van der Waals surface area (Å²) in [5.74, 6) is -1.19. The van der Waals surface area contributed by atoms with Gasteiger partial charge in [0.15, 0.2) is 5.43 Å². The van der Waals surface area contributed by atoms with E-state index in [0.29, 0.717) is 15.4 Å². The third-order valence-corrected chi connectivity index (χ3v) is 3.82. The summed E-state index contributed by atoms with van der Waals surface area (Å²) >= 11 is 3.16. The summed E-state index contributed by atoms with van der Waals surface area (Å²) in [6, 6.07) is 12.5. The van der Waals surface area contributed by atoms with Crippen LogP contribution in [0.15, 0.2) is 57.8 Å². The number of H-pyrrole nitrogens is 1. The van der Waals surface area contributed by atoms with Crippen LogP contribution in [0, 0.1) is 5.82 Å². The van der Waals surface area contributed by atoms with Gasteiger partial charge < -0.3 is 9.72 Å². The molecule has 0 unspecified atom stereocenters. The first-order valence-corrected chi connectivity index (χ1v) is 7.57. The molecule has 0 spiro atoms. The molecule has 0 aliphatic carbocycles. The van der Waals surface area contributed by atoms with Crippen LogP contribution in [0.5, 0.6) is 0 Å². The predicted octanol–water partition coefficient (Wildman–Crippen LogP) is 3.79. The van der Waals surface area contributed by atoms with Gasteiger partial charge in [-0.25, -0.2) is 9.18 Å². The van der Waals surface area contributed by atoms with Crippen molar-refractivity contribution in [2.45, 2.75) is 6.61 Å². The van der Waals surface area contributed by atoms with Crippen LogP contribution in [0.25, 0.3) is 10.9 Å². The zero-order valence-corrected chi connectivity index (χ0v) is 13.4. The summed E-state index contributed by atoms with van der Waals surface area (Å²) in [4.78, 5) is 26.9. The highest BCUT2D eigenvalue weighted by atomic mass is 79.9. The van der Waals surface area contributed by atoms with Gasteiger partial charge in [-0.1, -0.05) is 34.1 Å². The number of ether oxygens (including phenoxy) is 1. The zero-order valence-electron chi connectivity index (χ0n) is 11.8. The lowest BCUT2D eigenvalue weighted by molar-refractivity contribution is 0.0462. The number of aromatic amines is 1. The number of carbonyl (C=O) groups is 1.